The lowest BCUT2D eigenvalue weighted by Gasteiger charge is -2.33. The van der Waals surface area contributed by atoms with Crippen LogP contribution in [0.3, 0.4) is 0 Å². The van der Waals surface area contributed by atoms with Crippen LogP contribution in [0.25, 0.3) is 0 Å². The van der Waals surface area contributed by atoms with Gasteiger partial charge in [0.2, 0.25) is 0 Å². The summed E-state index contributed by atoms with van der Waals surface area (Å²) in [4.78, 5) is 19.3. The van der Waals surface area contributed by atoms with Crippen LogP contribution in [0, 0.1) is 12.8 Å². The first-order chi connectivity index (χ1) is 18.4. The smallest absolute Gasteiger partial charge is 0.325 e. The second kappa shape index (κ2) is 11.9. The summed E-state index contributed by atoms with van der Waals surface area (Å²) in [5.41, 5.74) is 4.08. The number of fused-ring (bicyclic) bond motifs is 2. The average molecular weight is 524 g/mol. The zero-order valence-electron chi connectivity index (χ0n) is 22.9. The molecule has 0 unspecified atom stereocenters. The fourth-order valence-corrected chi connectivity index (χ4v) is 5.67. The summed E-state index contributed by atoms with van der Waals surface area (Å²) < 4.78 is 18.5. The van der Waals surface area contributed by atoms with Gasteiger partial charge in [-0.2, -0.15) is 0 Å². The molecule has 38 heavy (non-hydrogen) atoms. The number of anilines is 1. The van der Waals surface area contributed by atoms with E-state index in [0.717, 1.165) is 55.7 Å². The van der Waals surface area contributed by atoms with E-state index in [1.165, 1.54) is 12.0 Å². The highest BCUT2D eigenvalue weighted by atomic mass is 16.6. The molecule has 0 aliphatic carbocycles. The Labute approximate surface area is 225 Å². The summed E-state index contributed by atoms with van der Waals surface area (Å²) in [6.45, 7) is 9.56. The predicted molar refractivity (Wildman–Crippen MR) is 146 cm³/mol. The number of nitrogens with zero attached hydrogens (tertiary/aromatic N) is 2. The maximum absolute atomic E-state index is 12.5. The van der Waals surface area contributed by atoms with E-state index in [-0.39, 0.29) is 18.1 Å². The fourth-order valence-electron chi connectivity index (χ4n) is 5.67. The van der Waals surface area contributed by atoms with Crippen LogP contribution in [-0.2, 0) is 22.4 Å². The number of pyridine rings is 1. The van der Waals surface area contributed by atoms with E-state index in [4.69, 9.17) is 19.2 Å². The third kappa shape index (κ3) is 6.07. The van der Waals surface area contributed by atoms with Gasteiger partial charge in [-0.05, 0) is 80.7 Å². The molecule has 3 aliphatic heterocycles. The summed E-state index contributed by atoms with van der Waals surface area (Å²) in [6.07, 6.45) is 5.95. The van der Waals surface area contributed by atoms with Gasteiger partial charge in [-0.15, -0.1) is 0 Å². The Balaban J connectivity index is 1.15. The van der Waals surface area contributed by atoms with Crippen molar-refractivity contribution in [3.63, 3.8) is 0 Å². The van der Waals surface area contributed by atoms with E-state index >= 15 is 0 Å². The molecule has 3 atom stereocenters. The van der Waals surface area contributed by atoms with E-state index < -0.39 is 12.0 Å². The van der Waals surface area contributed by atoms with Gasteiger partial charge in [0.25, 0.3) is 0 Å². The topological polar surface area (TPSA) is 93.2 Å². The summed E-state index contributed by atoms with van der Waals surface area (Å²) in [6, 6.07) is 7.42. The summed E-state index contributed by atoms with van der Waals surface area (Å²) in [7, 11) is 0. The van der Waals surface area contributed by atoms with Crippen molar-refractivity contribution >= 4 is 11.8 Å². The molecule has 1 aromatic heterocycles. The van der Waals surface area contributed by atoms with Gasteiger partial charge in [0.15, 0.2) is 11.5 Å². The van der Waals surface area contributed by atoms with Crippen LogP contribution in [0.4, 0.5) is 5.82 Å². The lowest BCUT2D eigenvalue weighted by atomic mass is 9.99. The first kappa shape index (κ1) is 26.8. The Morgan fingerprint density at radius 2 is 2.16 bits per heavy atom. The molecule has 0 radical (unpaired) electrons. The standard InChI is InChI=1S/C30H41N3O5/c1-19(2)26-18-37-25-16-20(3)15-24(28(25)38-26)27(30(34)35)33-13-11-23(17-33)36-14-5-4-8-22-10-9-21-7-6-12-31-29(21)32-22/h9-10,15-16,19,23,26-27H,4-8,11-14,17-18H2,1-3H3,(H,31,32)(H,34,35)/t23-,26+,27-/m1/s1. The van der Waals surface area contributed by atoms with Gasteiger partial charge in [-0.1, -0.05) is 19.9 Å². The lowest BCUT2D eigenvalue weighted by molar-refractivity contribution is -0.143. The molecule has 8 nitrogen and oxygen atoms in total. The average Bonchev–Trinajstić information content (AvgIpc) is 3.36. The third-order valence-electron chi connectivity index (χ3n) is 7.85. The first-order valence-corrected chi connectivity index (χ1v) is 14.1. The van der Waals surface area contributed by atoms with E-state index in [2.05, 4.69) is 31.3 Å². The molecule has 3 aliphatic rings. The van der Waals surface area contributed by atoms with Crippen LogP contribution >= 0.6 is 0 Å². The zero-order valence-corrected chi connectivity index (χ0v) is 22.9. The van der Waals surface area contributed by atoms with E-state index in [9.17, 15) is 9.90 Å². The van der Waals surface area contributed by atoms with Crippen molar-refractivity contribution in [2.75, 3.05) is 38.2 Å². The molecule has 2 aromatic rings. The highest BCUT2D eigenvalue weighted by molar-refractivity contribution is 5.78. The van der Waals surface area contributed by atoms with Crippen molar-refractivity contribution in [3.05, 3.63) is 46.6 Å². The number of hydrogen-bond acceptors (Lipinski definition) is 7. The number of carboxylic acids is 1. The van der Waals surface area contributed by atoms with Gasteiger partial charge in [0.1, 0.15) is 24.6 Å². The van der Waals surface area contributed by atoms with Crippen molar-refractivity contribution < 1.29 is 24.1 Å². The maximum atomic E-state index is 12.5. The van der Waals surface area contributed by atoms with E-state index in [1.54, 1.807) is 0 Å². The number of carboxylic acid groups (broad SMARTS) is 1. The molecule has 0 saturated carbocycles. The van der Waals surface area contributed by atoms with Crippen molar-refractivity contribution in [2.45, 2.75) is 77.5 Å². The van der Waals surface area contributed by atoms with Gasteiger partial charge < -0.3 is 24.6 Å². The van der Waals surface area contributed by atoms with Crippen molar-refractivity contribution in [1.82, 2.24) is 9.88 Å². The van der Waals surface area contributed by atoms with Crippen LogP contribution in [0.1, 0.15) is 68.0 Å². The summed E-state index contributed by atoms with van der Waals surface area (Å²) in [5, 5.41) is 13.7. The Bertz CT molecular complexity index is 1140. The molecular weight excluding hydrogens is 482 g/mol. The zero-order chi connectivity index (χ0) is 26.6. The molecule has 206 valence electrons. The molecule has 0 amide bonds. The molecule has 0 bridgehead atoms. The largest absolute Gasteiger partial charge is 0.486 e. The van der Waals surface area contributed by atoms with Gasteiger partial charge in [0, 0.05) is 37.5 Å². The van der Waals surface area contributed by atoms with Gasteiger partial charge in [0.05, 0.1) is 6.10 Å². The Morgan fingerprint density at radius 1 is 1.29 bits per heavy atom. The number of unbranched alkanes of at least 4 members (excludes halogenated alkanes) is 1. The molecule has 5 rings (SSSR count). The molecule has 8 heteroatoms. The number of benzene rings is 1. The highest BCUT2D eigenvalue weighted by Crippen LogP contribution is 2.43. The van der Waals surface area contributed by atoms with E-state index in [1.807, 2.05) is 24.0 Å². The number of nitrogens with one attached hydrogen (secondary N) is 1. The quantitative estimate of drug-likeness (QED) is 0.430. The van der Waals surface area contributed by atoms with Crippen LogP contribution in [0.2, 0.25) is 0 Å². The number of aliphatic carboxylic acids is 1. The highest BCUT2D eigenvalue weighted by Gasteiger charge is 2.38. The van der Waals surface area contributed by atoms with Crippen LogP contribution in [0.15, 0.2) is 24.3 Å². The number of aryl methyl sites for hydroxylation is 3. The summed E-state index contributed by atoms with van der Waals surface area (Å²) in [5.74, 6) is 1.66. The molecular formula is C30H41N3O5. The molecule has 2 N–H and O–H groups in total. The number of rotatable bonds is 10. The predicted octanol–water partition coefficient (Wildman–Crippen LogP) is 4.78. The number of aromatic nitrogens is 1. The van der Waals surface area contributed by atoms with Crippen molar-refractivity contribution in [3.8, 4) is 11.5 Å². The Kier molecular flexibility index (Phi) is 8.39. The normalized spacial score (nSPS) is 21.7. The minimum Gasteiger partial charge on any atom is -0.486 e. The van der Waals surface area contributed by atoms with E-state index in [0.29, 0.717) is 43.4 Å². The molecule has 1 saturated heterocycles. The number of hydrogen-bond donors (Lipinski definition) is 2. The summed E-state index contributed by atoms with van der Waals surface area (Å²) >= 11 is 0. The SMILES string of the molecule is Cc1cc2c(c([C@H](C(=O)O)N3CC[C@@H](OCCCCc4ccc5c(n4)NCCC5)C3)c1)O[C@H](C(C)C)CO2. The van der Waals surface area contributed by atoms with Crippen LogP contribution in [0.5, 0.6) is 11.5 Å². The number of carbonyl (C=O) groups is 1. The maximum Gasteiger partial charge on any atom is 0.325 e. The van der Waals surface area contributed by atoms with Crippen molar-refractivity contribution in [2.24, 2.45) is 5.92 Å². The third-order valence-corrected chi connectivity index (χ3v) is 7.85. The lowest BCUT2D eigenvalue weighted by Crippen LogP contribution is -2.37. The molecule has 1 aromatic carbocycles. The first-order valence-electron chi connectivity index (χ1n) is 14.1. The second-order valence-corrected chi connectivity index (χ2v) is 11.2. The van der Waals surface area contributed by atoms with Gasteiger partial charge in [-0.3, -0.25) is 9.69 Å². The fraction of sp³-hybridized carbons (Fsp3) is 0.600. The molecule has 4 heterocycles. The second-order valence-electron chi connectivity index (χ2n) is 11.2. The minimum atomic E-state index is -0.874. The molecule has 0 spiro atoms. The number of ether oxygens (including phenoxy) is 3. The van der Waals surface area contributed by atoms with Crippen LogP contribution in [-0.4, -0.2) is 66.0 Å². The Morgan fingerprint density at radius 3 is 2.97 bits per heavy atom. The van der Waals surface area contributed by atoms with Gasteiger partial charge in [-0.25, -0.2) is 4.98 Å². The van der Waals surface area contributed by atoms with Crippen LogP contribution < -0.4 is 14.8 Å². The monoisotopic (exact) mass is 523 g/mol. The number of likely N-dealkylation sites (tertiary alicyclic amines) is 1. The van der Waals surface area contributed by atoms with Gasteiger partial charge >= 0.3 is 5.97 Å². The Hall–Kier alpha value is -2.84. The minimum absolute atomic E-state index is 0.0316. The molecule has 1 fully saturated rings. The van der Waals surface area contributed by atoms with Crippen molar-refractivity contribution in [1.29, 1.82) is 0 Å².